The minimum atomic E-state index is 0.858. The van der Waals surface area contributed by atoms with Gasteiger partial charge in [-0.3, -0.25) is 0 Å². The van der Waals surface area contributed by atoms with Crippen molar-refractivity contribution in [1.82, 2.24) is 0 Å². The third-order valence-electron chi connectivity index (χ3n) is 5.93. The third kappa shape index (κ3) is 5.77. The molecule has 2 aliphatic rings. The SMILES string of the molecule is C=CCC[C@H]1CC[C@H](C2CCC(COCCC)CC2)CC1. The molecule has 2 rings (SSSR count). The van der Waals surface area contributed by atoms with Gasteiger partial charge in [0.1, 0.15) is 0 Å². The first kappa shape index (κ1) is 17.1. The van der Waals surface area contributed by atoms with Gasteiger partial charge in [0.25, 0.3) is 0 Å². The normalized spacial score (nSPS) is 33.8. The summed E-state index contributed by atoms with van der Waals surface area (Å²) >= 11 is 0. The van der Waals surface area contributed by atoms with Crippen LogP contribution in [0.2, 0.25) is 0 Å². The van der Waals surface area contributed by atoms with Crippen molar-refractivity contribution in [3.63, 3.8) is 0 Å². The molecule has 0 unspecified atom stereocenters. The fourth-order valence-corrected chi connectivity index (χ4v) is 4.52. The van der Waals surface area contributed by atoms with Crippen LogP contribution in [0.25, 0.3) is 0 Å². The summed E-state index contributed by atoms with van der Waals surface area (Å²) in [4.78, 5) is 0. The van der Waals surface area contributed by atoms with E-state index >= 15 is 0 Å². The predicted octanol–water partition coefficient (Wildman–Crippen LogP) is 5.99. The molecule has 0 bridgehead atoms. The van der Waals surface area contributed by atoms with Gasteiger partial charge in [-0.1, -0.05) is 25.8 Å². The Hall–Kier alpha value is -0.300. The Balaban J connectivity index is 1.61. The summed E-state index contributed by atoms with van der Waals surface area (Å²) in [5, 5.41) is 0. The second-order valence-electron chi connectivity index (χ2n) is 7.50. The fraction of sp³-hybridized carbons (Fsp3) is 0.900. The van der Waals surface area contributed by atoms with Crippen molar-refractivity contribution >= 4 is 0 Å². The average Bonchev–Trinajstić information content (AvgIpc) is 2.54. The van der Waals surface area contributed by atoms with Gasteiger partial charge in [-0.25, -0.2) is 0 Å². The van der Waals surface area contributed by atoms with Crippen LogP contribution in [-0.4, -0.2) is 13.2 Å². The lowest BCUT2D eigenvalue weighted by Gasteiger charge is -2.37. The molecule has 2 fully saturated rings. The summed E-state index contributed by atoms with van der Waals surface area (Å²) in [6, 6.07) is 0. The molecule has 0 N–H and O–H groups in total. The first-order chi connectivity index (χ1) is 10.3. The van der Waals surface area contributed by atoms with Gasteiger partial charge in [0.2, 0.25) is 0 Å². The standard InChI is InChI=1S/C20H36O/c1-3-5-6-17-7-11-19(12-8-17)20-13-9-18(10-14-20)16-21-15-4-2/h3,17-20H,1,4-16H2,2H3/t17-,18?,19-,20?. The molecule has 0 radical (unpaired) electrons. The zero-order valence-electron chi connectivity index (χ0n) is 14.2. The minimum Gasteiger partial charge on any atom is -0.381 e. The number of hydrogen-bond acceptors (Lipinski definition) is 1. The molecule has 0 saturated heterocycles. The maximum Gasteiger partial charge on any atom is 0.0494 e. The largest absolute Gasteiger partial charge is 0.381 e. The van der Waals surface area contributed by atoms with Crippen molar-refractivity contribution in [3.8, 4) is 0 Å². The molecule has 0 aliphatic heterocycles. The van der Waals surface area contributed by atoms with E-state index in [1.54, 1.807) is 0 Å². The molecule has 0 aromatic rings. The van der Waals surface area contributed by atoms with Crippen LogP contribution in [0.4, 0.5) is 0 Å². The van der Waals surface area contributed by atoms with Crippen molar-refractivity contribution in [2.45, 2.75) is 77.6 Å². The quantitative estimate of drug-likeness (QED) is 0.394. The zero-order chi connectivity index (χ0) is 14.9. The van der Waals surface area contributed by atoms with Gasteiger partial charge in [-0.15, -0.1) is 6.58 Å². The molecular weight excluding hydrogens is 256 g/mol. The van der Waals surface area contributed by atoms with Crippen LogP contribution in [0.5, 0.6) is 0 Å². The van der Waals surface area contributed by atoms with Gasteiger partial charge in [0, 0.05) is 13.2 Å². The first-order valence-corrected chi connectivity index (χ1v) is 9.52. The van der Waals surface area contributed by atoms with Crippen LogP contribution in [0.1, 0.15) is 77.6 Å². The maximum absolute atomic E-state index is 5.75. The van der Waals surface area contributed by atoms with Crippen LogP contribution in [0.3, 0.4) is 0 Å². The van der Waals surface area contributed by atoms with E-state index in [2.05, 4.69) is 19.6 Å². The smallest absolute Gasteiger partial charge is 0.0494 e. The fourth-order valence-electron chi connectivity index (χ4n) is 4.52. The summed E-state index contributed by atoms with van der Waals surface area (Å²) in [7, 11) is 0. The number of allylic oxidation sites excluding steroid dienone is 1. The van der Waals surface area contributed by atoms with E-state index in [0.717, 1.165) is 43.3 Å². The molecule has 122 valence electrons. The second kappa shape index (κ2) is 9.66. The average molecular weight is 293 g/mol. The molecule has 2 aliphatic carbocycles. The maximum atomic E-state index is 5.75. The van der Waals surface area contributed by atoms with E-state index < -0.39 is 0 Å². The Morgan fingerprint density at radius 2 is 1.48 bits per heavy atom. The first-order valence-electron chi connectivity index (χ1n) is 9.52. The molecule has 0 spiro atoms. The van der Waals surface area contributed by atoms with Gasteiger partial charge in [0.15, 0.2) is 0 Å². The van der Waals surface area contributed by atoms with Crippen molar-refractivity contribution in [3.05, 3.63) is 12.7 Å². The summed E-state index contributed by atoms with van der Waals surface area (Å²) in [6.45, 7) is 8.03. The Morgan fingerprint density at radius 1 is 0.905 bits per heavy atom. The number of rotatable bonds is 8. The van der Waals surface area contributed by atoms with Crippen molar-refractivity contribution in [1.29, 1.82) is 0 Å². The molecule has 0 heterocycles. The lowest BCUT2D eigenvalue weighted by Crippen LogP contribution is -2.27. The second-order valence-corrected chi connectivity index (χ2v) is 7.50. The Bertz CT molecular complexity index is 270. The monoisotopic (exact) mass is 292 g/mol. The van der Waals surface area contributed by atoms with E-state index in [9.17, 15) is 0 Å². The summed E-state index contributed by atoms with van der Waals surface area (Å²) in [5.41, 5.74) is 0. The minimum absolute atomic E-state index is 0.858. The van der Waals surface area contributed by atoms with Gasteiger partial charge >= 0.3 is 0 Å². The van der Waals surface area contributed by atoms with Crippen LogP contribution in [-0.2, 0) is 4.74 Å². The van der Waals surface area contributed by atoms with Crippen molar-refractivity contribution in [2.24, 2.45) is 23.7 Å². The van der Waals surface area contributed by atoms with E-state index in [1.165, 1.54) is 64.2 Å². The molecular formula is C20H36O. The molecule has 1 nitrogen and oxygen atoms in total. The summed E-state index contributed by atoms with van der Waals surface area (Å²) in [5.74, 6) is 3.94. The van der Waals surface area contributed by atoms with E-state index in [0.29, 0.717) is 0 Å². The Morgan fingerprint density at radius 3 is 2.00 bits per heavy atom. The predicted molar refractivity (Wildman–Crippen MR) is 91.4 cm³/mol. The summed E-state index contributed by atoms with van der Waals surface area (Å²) in [6.07, 6.45) is 17.6. The molecule has 0 atom stereocenters. The van der Waals surface area contributed by atoms with Gasteiger partial charge in [-0.05, 0) is 81.5 Å². The van der Waals surface area contributed by atoms with Gasteiger partial charge in [-0.2, -0.15) is 0 Å². The Labute approximate surface area is 132 Å². The Kier molecular flexibility index (Phi) is 7.85. The van der Waals surface area contributed by atoms with Crippen LogP contribution >= 0.6 is 0 Å². The van der Waals surface area contributed by atoms with E-state index in [-0.39, 0.29) is 0 Å². The molecule has 0 amide bonds. The van der Waals surface area contributed by atoms with Crippen LogP contribution in [0, 0.1) is 23.7 Å². The number of ether oxygens (including phenoxy) is 1. The summed E-state index contributed by atoms with van der Waals surface area (Å²) < 4.78 is 5.75. The molecule has 2 saturated carbocycles. The van der Waals surface area contributed by atoms with Crippen LogP contribution in [0.15, 0.2) is 12.7 Å². The molecule has 1 heteroatoms. The molecule has 0 aromatic carbocycles. The molecule has 0 aromatic heterocycles. The van der Waals surface area contributed by atoms with Crippen LogP contribution < -0.4 is 0 Å². The van der Waals surface area contributed by atoms with Gasteiger partial charge in [0.05, 0.1) is 0 Å². The highest BCUT2D eigenvalue weighted by Crippen LogP contribution is 2.42. The highest BCUT2D eigenvalue weighted by molar-refractivity contribution is 4.82. The lowest BCUT2D eigenvalue weighted by atomic mass is 9.69. The zero-order valence-corrected chi connectivity index (χ0v) is 14.2. The van der Waals surface area contributed by atoms with Gasteiger partial charge < -0.3 is 4.74 Å². The number of hydrogen-bond donors (Lipinski definition) is 0. The highest BCUT2D eigenvalue weighted by Gasteiger charge is 2.30. The van der Waals surface area contributed by atoms with Crippen molar-refractivity contribution < 1.29 is 4.74 Å². The lowest BCUT2D eigenvalue weighted by molar-refractivity contribution is 0.0649. The van der Waals surface area contributed by atoms with E-state index in [1.807, 2.05) is 0 Å². The third-order valence-corrected chi connectivity index (χ3v) is 5.93. The topological polar surface area (TPSA) is 9.23 Å². The van der Waals surface area contributed by atoms with E-state index in [4.69, 9.17) is 4.74 Å². The highest BCUT2D eigenvalue weighted by atomic mass is 16.5. The molecule has 21 heavy (non-hydrogen) atoms. The van der Waals surface area contributed by atoms with Crippen molar-refractivity contribution in [2.75, 3.05) is 13.2 Å².